The second kappa shape index (κ2) is 9.69. The Balaban J connectivity index is 1.82. The highest BCUT2D eigenvalue weighted by Crippen LogP contribution is 2.29. The van der Waals surface area contributed by atoms with Gasteiger partial charge in [-0.15, -0.1) is 0 Å². The number of hydrogen-bond donors (Lipinski definition) is 2. The molecule has 0 saturated carbocycles. The van der Waals surface area contributed by atoms with Crippen molar-refractivity contribution >= 4 is 35.3 Å². The zero-order valence-corrected chi connectivity index (χ0v) is 18.4. The predicted octanol–water partition coefficient (Wildman–Crippen LogP) is 1.27. The molecule has 0 atom stereocenters. The Kier molecular flexibility index (Phi) is 6.98. The van der Waals surface area contributed by atoms with Crippen molar-refractivity contribution in [2.24, 2.45) is 5.73 Å². The lowest BCUT2D eigenvalue weighted by atomic mass is 10.1. The summed E-state index contributed by atoms with van der Waals surface area (Å²) >= 11 is 6.03. The number of carbonyl (C=O) groups excluding carboxylic acids is 3. The highest BCUT2D eigenvalue weighted by atomic mass is 35.5. The van der Waals surface area contributed by atoms with Gasteiger partial charge in [0.15, 0.2) is 0 Å². The second-order valence-electron chi connectivity index (χ2n) is 7.13. The van der Waals surface area contributed by atoms with Crippen molar-refractivity contribution in [3.63, 3.8) is 0 Å². The number of nitrogens with two attached hydrogens (primary N) is 1. The molecule has 1 aromatic heterocycles. The minimum absolute atomic E-state index is 0.178. The van der Waals surface area contributed by atoms with Crippen molar-refractivity contribution in [1.29, 1.82) is 0 Å². The molecule has 3 N–H and O–H groups in total. The van der Waals surface area contributed by atoms with Crippen molar-refractivity contribution in [3.8, 4) is 11.3 Å². The summed E-state index contributed by atoms with van der Waals surface area (Å²) in [4.78, 5) is 55.9. The van der Waals surface area contributed by atoms with E-state index < -0.39 is 17.7 Å². The van der Waals surface area contributed by atoms with Gasteiger partial charge in [-0.05, 0) is 25.1 Å². The number of halogens is 1. The van der Waals surface area contributed by atoms with Gasteiger partial charge in [-0.3, -0.25) is 19.5 Å². The van der Waals surface area contributed by atoms with E-state index in [0.29, 0.717) is 54.0 Å². The number of amides is 4. The number of methoxy groups -OCH3 is 1. The summed E-state index contributed by atoms with van der Waals surface area (Å²) in [6.45, 7) is 2.81. The highest BCUT2D eigenvalue weighted by Gasteiger charge is 2.24. The Hall–Kier alpha value is -3.60. The van der Waals surface area contributed by atoms with Crippen LogP contribution in [-0.2, 0) is 16.1 Å². The summed E-state index contributed by atoms with van der Waals surface area (Å²) in [5.74, 6) is 0.0731. The number of piperazine rings is 1. The molecule has 1 saturated heterocycles. The fourth-order valence-electron chi connectivity index (χ4n) is 3.37. The summed E-state index contributed by atoms with van der Waals surface area (Å²) in [7, 11) is 1.23. The number of aromatic nitrogens is 2. The molecule has 170 valence electrons. The number of nitrogens with one attached hydrogen (secondary N) is 1. The number of anilines is 1. The molecule has 11 nitrogen and oxygen atoms in total. The maximum Gasteiger partial charge on any atom is 0.411 e. The maximum absolute atomic E-state index is 12.8. The average Bonchev–Trinajstić information content (AvgIpc) is 2.76. The molecule has 4 amide bonds. The van der Waals surface area contributed by atoms with Crippen LogP contribution >= 0.6 is 11.6 Å². The molecule has 0 unspecified atom stereocenters. The largest absolute Gasteiger partial charge is 0.453 e. The van der Waals surface area contributed by atoms with Gasteiger partial charge in [-0.2, -0.15) is 0 Å². The molecular weight excluding hydrogens is 440 g/mol. The lowest BCUT2D eigenvalue weighted by Gasteiger charge is -2.33. The van der Waals surface area contributed by atoms with Crippen LogP contribution in [0.1, 0.15) is 5.82 Å². The van der Waals surface area contributed by atoms with Crippen molar-refractivity contribution in [1.82, 2.24) is 19.4 Å². The van der Waals surface area contributed by atoms with Gasteiger partial charge in [0.1, 0.15) is 12.4 Å². The predicted molar refractivity (Wildman–Crippen MR) is 117 cm³/mol. The van der Waals surface area contributed by atoms with Gasteiger partial charge in [0, 0.05) is 42.8 Å². The first-order chi connectivity index (χ1) is 15.2. The molecule has 1 fully saturated rings. The Morgan fingerprint density at radius 1 is 1.16 bits per heavy atom. The second-order valence-corrected chi connectivity index (χ2v) is 7.56. The number of ether oxygens (including phenoxy) is 1. The van der Waals surface area contributed by atoms with Crippen LogP contribution in [0, 0.1) is 6.92 Å². The monoisotopic (exact) mass is 462 g/mol. The van der Waals surface area contributed by atoms with Crippen LogP contribution in [-0.4, -0.2) is 70.7 Å². The van der Waals surface area contributed by atoms with Gasteiger partial charge in [-0.25, -0.2) is 14.6 Å². The molecule has 1 aromatic carbocycles. The molecule has 1 aliphatic heterocycles. The first-order valence-electron chi connectivity index (χ1n) is 9.75. The third-order valence-corrected chi connectivity index (χ3v) is 5.35. The smallest absolute Gasteiger partial charge is 0.411 e. The molecule has 2 aromatic rings. The fourth-order valence-corrected chi connectivity index (χ4v) is 3.54. The van der Waals surface area contributed by atoms with Crippen molar-refractivity contribution in [2.75, 3.05) is 38.6 Å². The van der Waals surface area contributed by atoms with E-state index in [2.05, 4.69) is 15.0 Å². The third kappa shape index (κ3) is 5.17. The lowest BCUT2D eigenvalue weighted by molar-refractivity contribution is -0.133. The van der Waals surface area contributed by atoms with Crippen LogP contribution in [0.5, 0.6) is 0 Å². The van der Waals surface area contributed by atoms with E-state index in [0.717, 1.165) is 0 Å². The van der Waals surface area contributed by atoms with Crippen LogP contribution in [0.15, 0.2) is 29.1 Å². The van der Waals surface area contributed by atoms with Gasteiger partial charge < -0.3 is 20.3 Å². The fraction of sp³-hybridized carbons (Fsp3) is 0.350. The number of nitrogens with zero attached hydrogens (tertiary/aromatic N) is 4. The van der Waals surface area contributed by atoms with Crippen LogP contribution in [0.4, 0.5) is 15.3 Å². The average molecular weight is 463 g/mol. The lowest BCUT2D eigenvalue weighted by Crippen LogP contribution is -2.53. The van der Waals surface area contributed by atoms with E-state index in [9.17, 15) is 19.2 Å². The number of benzene rings is 1. The molecule has 32 heavy (non-hydrogen) atoms. The normalized spacial score (nSPS) is 13.6. The van der Waals surface area contributed by atoms with Crippen molar-refractivity contribution < 1.29 is 19.1 Å². The Morgan fingerprint density at radius 2 is 1.81 bits per heavy atom. The Bertz CT molecular complexity index is 1110. The minimum Gasteiger partial charge on any atom is -0.453 e. The zero-order chi connectivity index (χ0) is 23.4. The van der Waals surface area contributed by atoms with E-state index in [1.165, 1.54) is 28.7 Å². The first-order valence-corrected chi connectivity index (χ1v) is 10.1. The number of hydrogen-bond acceptors (Lipinski definition) is 6. The molecule has 0 bridgehead atoms. The molecule has 12 heteroatoms. The van der Waals surface area contributed by atoms with Crippen molar-refractivity contribution in [3.05, 3.63) is 45.5 Å². The molecule has 2 heterocycles. The Morgan fingerprint density at radius 3 is 2.41 bits per heavy atom. The summed E-state index contributed by atoms with van der Waals surface area (Å²) in [5.41, 5.74) is 5.96. The standard InChI is InChI=1S/C20H23ClN6O5/c1-12-23-16(14-4-3-13(21)9-15(14)24-20(31)32-2)10-17(28)27(12)11-18(29)25-5-7-26(8-6-25)19(22)30/h3-4,9-10H,5-8,11H2,1-2H3,(H2,22,30)(H,24,31). The number of primary amides is 1. The summed E-state index contributed by atoms with van der Waals surface area (Å²) in [5, 5.41) is 2.93. The summed E-state index contributed by atoms with van der Waals surface area (Å²) in [6, 6.07) is 5.52. The SMILES string of the molecule is COC(=O)Nc1cc(Cl)ccc1-c1cc(=O)n(CC(=O)N2CCN(C(N)=O)CC2)c(C)n1. The van der Waals surface area contributed by atoms with Gasteiger partial charge in [0.05, 0.1) is 18.5 Å². The van der Waals surface area contributed by atoms with Gasteiger partial charge in [-0.1, -0.05) is 11.6 Å². The molecule has 0 radical (unpaired) electrons. The zero-order valence-electron chi connectivity index (χ0n) is 17.6. The quantitative estimate of drug-likeness (QED) is 0.701. The molecule has 0 spiro atoms. The van der Waals surface area contributed by atoms with E-state index >= 15 is 0 Å². The molecule has 1 aliphatic rings. The van der Waals surface area contributed by atoms with Crippen LogP contribution < -0.4 is 16.6 Å². The van der Waals surface area contributed by atoms with Crippen LogP contribution in [0.2, 0.25) is 5.02 Å². The van der Waals surface area contributed by atoms with Crippen LogP contribution in [0.3, 0.4) is 0 Å². The molecule has 0 aliphatic carbocycles. The number of carbonyl (C=O) groups is 3. The van der Waals surface area contributed by atoms with E-state index in [1.807, 2.05) is 0 Å². The van der Waals surface area contributed by atoms with Gasteiger partial charge >= 0.3 is 12.1 Å². The Labute approximate surface area is 188 Å². The maximum atomic E-state index is 12.8. The van der Waals surface area contributed by atoms with Crippen LogP contribution in [0.25, 0.3) is 11.3 Å². The highest BCUT2D eigenvalue weighted by molar-refractivity contribution is 6.31. The molecular formula is C20H23ClN6O5. The van der Waals surface area contributed by atoms with E-state index in [1.54, 1.807) is 24.0 Å². The summed E-state index contributed by atoms with van der Waals surface area (Å²) < 4.78 is 5.90. The summed E-state index contributed by atoms with van der Waals surface area (Å²) in [6.07, 6.45) is -0.694. The van der Waals surface area contributed by atoms with E-state index in [4.69, 9.17) is 17.3 Å². The van der Waals surface area contributed by atoms with Crippen molar-refractivity contribution in [2.45, 2.75) is 13.5 Å². The van der Waals surface area contributed by atoms with Gasteiger partial charge in [0.2, 0.25) is 5.91 Å². The van der Waals surface area contributed by atoms with Gasteiger partial charge in [0.25, 0.3) is 5.56 Å². The third-order valence-electron chi connectivity index (χ3n) is 5.12. The first kappa shape index (κ1) is 23.1. The number of rotatable bonds is 4. The topological polar surface area (TPSA) is 140 Å². The molecule has 3 rings (SSSR count). The number of aryl methyl sites for hydroxylation is 1. The number of urea groups is 1. The minimum atomic E-state index is -0.694. The van der Waals surface area contributed by atoms with E-state index in [-0.39, 0.29) is 12.5 Å².